The molecule has 0 atom stereocenters. The molecule has 0 aromatic heterocycles. The third-order valence-electron chi connectivity index (χ3n) is 3.62. The van der Waals surface area contributed by atoms with Crippen molar-refractivity contribution in [2.45, 2.75) is 6.54 Å². The Morgan fingerprint density at radius 2 is 2.10 bits per heavy atom. The SMILES string of the molecule is COc1ccc(C#N)c(N2CCOc3ccccc3C2)c1. The molecule has 21 heavy (non-hydrogen) atoms. The molecule has 0 saturated heterocycles. The van der Waals surface area contributed by atoms with Gasteiger partial charge in [-0.25, -0.2) is 0 Å². The molecule has 106 valence electrons. The summed E-state index contributed by atoms with van der Waals surface area (Å²) in [6, 6.07) is 15.8. The van der Waals surface area contributed by atoms with E-state index in [1.165, 1.54) is 0 Å². The highest BCUT2D eigenvalue weighted by molar-refractivity contribution is 5.63. The Morgan fingerprint density at radius 1 is 1.24 bits per heavy atom. The van der Waals surface area contributed by atoms with Gasteiger partial charge in [0.25, 0.3) is 0 Å². The summed E-state index contributed by atoms with van der Waals surface area (Å²) in [7, 11) is 1.63. The van der Waals surface area contributed by atoms with Gasteiger partial charge in [0.15, 0.2) is 0 Å². The molecule has 0 fully saturated rings. The van der Waals surface area contributed by atoms with E-state index in [0.29, 0.717) is 12.2 Å². The van der Waals surface area contributed by atoms with Crippen molar-refractivity contribution in [2.75, 3.05) is 25.2 Å². The van der Waals surface area contributed by atoms with Crippen molar-refractivity contribution in [2.24, 2.45) is 0 Å². The van der Waals surface area contributed by atoms with E-state index in [4.69, 9.17) is 9.47 Å². The molecule has 1 aliphatic heterocycles. The predicted octanol–water partition coefficient (Wildman–Crippen LogP) is 2.97. The predicted molar refractivity (Wildman–Crippen MR) is 80.7 cm³/mol. The Hall–Kier alpha value is -2.67. The highest BCUT2D eigenvalue weighted by atomic mass is 16.5. The lowest BCUT2D eigenvalue weighted by Gasteiger charge is -2.23. The molecule has 0 amide bonds. The van der Waals surface area contributed by atoms with E-state index in [-0.39, 0.29) is 0 Å². The minimum atomic E-state index is 0.596. The Kier molecular flexibility index (Phi) is 3.65. The standard InChI is InChI=1S/C17H16N2O2/c1-20-15-7-6-13(11-18)16(10-15)19-8-9-21-17-5-3-2-4-14(17)12-19/h2-7,10H,8-9,12H2,1H3. The smallest absolute Gasteiger partial charge is 0.124 e. The number of para-hydroxylation sites is 1. The number of rotatable bonds is 2. The minimum absolute atomic E-state index is 0.596. The molecule has 1 heterocycles. The molecule has 3 rings (SSSR count). The molecule has 0 saturated carbocycles. The number of nitrogens with zero attached hydrogens (tertiary/aromatic N) is 2. The molecule has 0 unspecified atom stereocenters. The first-order valence-corrected chi connectivity index (χ1v) is 6.85. The van der Waals surface area contributed by atoms with Gasteiger partial charge in [-0.3, -0.25) is 0 Å². The first kappa shape index (κ1) is 13.3. The molecule has 0 bridgehead atoms. The minimum Gasteiger partial charge on any atom is -0.497 e. The van der Waals surface area contributed by atoms with Crippen LogP contribution < -0.4 is 14.4 Å². The molecule has 4 nitrogen and oxygen atoms in total. The summed E-state index contributed by atoms with van der Waals surface area (Å²) in [4.78, 5) is 2.16. The molecule has 4 heteroatoms. The maximum Gasteiger partial charge on any atom is 0.124 e. The quantitative estimate of drug-likeness (QED) is 0.848. The number of methoxy groups -OCH3 is 1. The zero-order valence-electron chi connectivity index (χ0n) is 11.9. The normalized spacial score (nSPS) is 13.6. The Morgan fingerprint density at radius 3 is 2.90 bits per heavy atom. The second-order valence-electron chi connectivity index (χ2n) is 4.87. The molecule has 0 spiro atoms. The van der Waals surface area contributed by atoms with Crippen LogP contribution in [-0.2, 0) is 6.54 Å². The van der Waals surface area contributed by atoms with Crippen LogP contribution in [0.5, 0.6) is 11.5 Å². The fraction of sp³-hybridized carbons (Fsp3) is 0.235. The third kappa shape index (κ3) is 2.63. The van der Waals surface area contributed by atoms with E-state index in [2.05, 4.69) is 17.0 Å². The second-order valence-corrected chi connectivity index (χ2v) is 4.87. The van der Waals surface area contributed by atoms with E-state index in [1.54, 1.807) is 13.2 Å². The van der Waals surface area contributed by atoms with Crippen molar-refractivity contribution >= 4 is 5.69 Å². The summed E-state index contributed by atoms with van der Waals surface area (Å²) in [5, 5.41) is 9.33. The van der Waals surface area contributed by atoms with Crippen LogP contribution in [0.15, 0.2) is 42.5 Å². The number of fused-ring (bicyclic) bond motifs is 1. The van der Waals surface area contributed by atoms with Crippen LogP contribution in [0.1, 0.15) is 11.1 Å². The average Bonchev–Trinajstić information content (AvgIpc) is 2.76. The van der Waals surface area contributed by atoms with Crippen LogP contribution in [0.25, 0.3) is 0 Å². The van der Waals surface area contributed by atoms with E-state index in [9.17, 15) is 5.26 Å². The van der Waals surface area contributed by atoms with Crippen molar-refractivity contribution in [3.63, 3.8) is 0 Å². The second kappa shape index (κ2) is 5.76. The third-order valence-corrected chi connectivity index (χ3v) is 3.62. The Bertz CT molecular complexity index is 691. The largest absolute Gasteiger partial charge is 0.497 e. The van der Waals surface area contributed by atoms with E-state index in [0.717, 1.165) is 35.8 Å². The lowest BCUT2D eigenvalue weighted by molar-refractivity contribution is 0.331. The van der Waals surface area contributed by atoms with E-state index in [1.807, 2.05) is 30.3 Å². The fourth-order valence-corrected chi connectivity index (χ4v) is 2.53. The summed E-state index contributed by atoms with van der Waals surface area (Å²) in [6.07, 6.45) is 0. The van der Waals surface area contributed by atoms with Crippen molar-refractivity contribution in [1.82, 2.24) is 0 Å². The first-order valence-electron chi connectivity index (χ1n) is 6.85. The molecule has 1 aliphatic rings. The van der Waals surface area contributed by atoms with Crippen LogP contribution in [0.4, 0.5) is 5.69 Å². The van der Waals surface area contributed by atoms with Gasteiger partial charge in [0.2, 0.25) is 0 Å². The van der Waals surface area contributed by atoms with Gasteiger partial charge >= 0.3 is 0 Å². The Balaban J connectivity index is 1.99. The van der Waals surface area contributed by atoms with Gasteiger partial charge in [-0.1, -0.05) is 18.2 Å². The lowest BCUT2D eigenvalue weighted by Crippen LogP contribution is -2.26. The van der Waals surface area contributed by atoms with Gasteiger partial charge in [0.05, 0.1) is 24.9 Å². The molecule has 0 radical (unpaired) electrons. The summed E-state index contributed by atoms with van der Waals surface area (Å²) in [5.74, 6) is 1.67. The molecular weight excluding hydrogens is 264 g/mol. The molecule has 0 N–H and O–H groups in total. The van der Waals surface area contributed by atoms with Crippen molar-refractivity contribution in [3.8, 4) is 17.6 Å². The van der Waals surface area contributed by atoms with E-state index >= 15 is 0 Å². The van der Waals surface area contributed by atoms with E-state index < -0.39 is 0 Å². The maximum absolute atomic E-state index is 9.33. The number of nitriles is 1. The summed E-state index contributed by atoms with van der Waals surface area (Å²) in [6.45, 7) is 2.05. The highest BCUT2D eigenvalue weighted by Gasteiger charge is 2.18. The van der Waals surface area contributed by atoms with Gasteiger partial charge in [-0.05, 0) is 18.2 Å². The summed E-state index contributed by atoms with van der Waals surface area (Å²) >= 11 is 0. The summed E-state index contributed by atoms with van der Waals surface area (Å²) < 4.78 is 11.1. The highest BCUT2D eigenvalue weighted by Crippen LogP contribution is 2.30. The van der Waals surface area contributed by atoms with Crippen LogP contribution in [-0.4, -0.2) is 20.3 Å². The van der Waals surface area contributed by atoms with Gasteiger partial charge < -0.3 is 14.4 Å². The molecular formula is C17H16N2O2. The number of hydrogen-bond acceptors (Lipinski definition) is 4. The first-order chi connectivity index (χ1) is 10.3. The van der Waals surface area contributed by atoms with Crippen molar-refractivity contribution < 1.29 is 9.47 Å². The summed E-state index contributed by atoms with van der Waals surface area (Å²) in [5.41, 5.74) is 2.66. The monoisotopic (exact) mass is 280 g/mol. The lowest BCUT2D eigenvalue weighted by atomic mass is 10.1. The Labute approximate surface area is 124 Å². The zero-order chi connectivity index (χ0) is 14.7. The number of ether oxygens (including phenoxy) is 2. The van der Waals surface area contributed by atoms with Crippen LogP contribution in [0, 0.1) is 11.3 Å². The number of anilines is 1. The molecule has 2 aromatic rings. The van der Waals surface area contributed by atoms with Crippen LogP contribution in [0.3, 0.4) is 0 Å². The topological polar surface area (TPSA) is 45.5 Å². The van der Waals surface area contributed by atoms with Crippen molar-refractivity contribution in [3.05, 3.63) is 53.6 Å². The van der Waals surface area contributed by atoms with Gasteiger partial charge in [0.1, 0.15) is 24.2 Å². The van der Waals surface area contributed by atoms with Crippen LogP contribution >= 0.6 is 0 Å². The number of benzene rings is 2. The van der Waals surface area contributed by atoms with Gasteiger partial charge in [0, 0.05) is 18.2 Å². The number of hydrogen-bond donors (Lipinski definition) is 0. The molecule has 2 aromatic carbocycles. The molecule has 0 aliphatic carbocycles. The fourth-order valence-electron chi connectivity index (χ4n) is 2.53. The van der Waals surface area contributed by atoms with Gasteiger partial charge in [-0.15, -0.1) is 0 Å². The zero-order valence-corrected chi connectivity index (χ0v) is 11.9. The van der Waals surface area contributed by atoms with Crippen molar-refractivity contribution in [1.29, 1.82) is 5.26 Å². The van der Waals surface area contributed by atoms with Gasteiger partial charge in [-0.2, -0.15) is 5.26 Å². The average molecular weight is 280 g/mol. The maximum atomic E-state index is 9.33. The van der Waals surface area contributed by atoms with Crippen LogP contribution in [0.2, 0.25) is 0 Å².